The molecule has 0 aliphatic rings. The van der Waals surface area contributed by atoms with Crippen molar-refractivity contribution in [2.24, 2.45) is 0 Å². The number of aliphatic hydroxyl groups excluding tert-OH is 1. The number of carbonyl (C=O) groups excluding carboxylic acids is 1. The van der Waals surface area contributed by atoms with E-state index < -0.39 is 0 Å². The van der Waals surface area contributed by atoms with E-state index in [0.717, 1.165) is 22.3 Å². The standard InChI is InChI=1S/C25H21N3O2/c29-17-19-11-13-20(14-12-19)22-16-26-25(24(27-22)21-9-5-2-6-10-21)28-23(30)15-18-7-3-1-4-8-18/h1-14,16,29H,15,17H2,(H,26,28,30). The number of anilines is 1. The van der Waals surface area contributed by atoms with Gasteiger partial charge in [0.05, 0.1) is 24.9 Å². The van der Waals surface area contributed by atoms with Gasteiger partial charge in [-0.1, -0.05) is 84.9 Å². The van der Waals surface area contributed by atoms with Crippen LogP contribution in [0.2, 0.25) is 0 Å². The third-order valence-electron chi connectivity index (χ3n) is 4.72. The highest BCUT2D eigenvalue weighted by Crippen LogP contribution is 2.28. The molecule has 3 aromatic carbocycles. The van der Waals surface area contributed by atoms with E-state index in [4.69, 9.17) is 4.98 Å². The Balaban J connectivity index is 1.66. The second kappa shape index (κ2) is 9.11. The molecule has 0 fully saturated rings. The van der Waals surface area contributed by atoms with Gasteiger partial charge in [-0.15, -0.1) is 0 Å². The first-order valence-electron chi connectivity index (χ1n) is 9.69. The maximum Gasteiger partial charge on any atom is 0.230 e. The van der Waals surface area contributed by atoms with E-state index in [1.54, 1.807) is 6.20 Å². The molecule has 0 atom stereocenters. The predicted molar refractivity (Wildman–Crippen MR) is 118 cm³/mol. The number of nitrogens with one attached hydrogen (secondary N) is 1. The van der Waals surface area contributed by atoms with Crippen LogP contribution in [0.25, 0.3) is 22.5 Å². The van der Waals surface area contributed by atoms with Crippen LogP contribution in [0.3, 0.4) is 0 Å². The molecule has 1 aromatic heterocycles. The van der Waals surface area contributed by atoms with Gasteiger partial charge in [0, 0.05) is 11.1 Å². The van der Waals surface area contributed by atoms with Crippen LogP contribution in [-0.2, 0) is 17.8 Å². The second-order valence-corrected chi connectivity index (χ2v) is 6.88. The van der Waals surface area contributed by atoms with Crippen LogP contribution < -0.4 is 5.32 Å². The van der Waals surface area contributed by atoms with Crippen LogP contribution >= 0.6 is 0 Å². The van der Waals surface area contributed by atoms with E-state index in [2.05, 4.69) is 10.3 Å². The number of aromatic nitrogens is 2. The number of aliphatic hydroxyl groups is 1. The lowest BCUT2D eigenvalue weighted by Crippen LogP contribution is -2.16. The van der Waals surface area contributed by atoms with Crippen LogP contribution in [0.15, 0.2) is 91.1 Å². The average molecular weight is 395 g/mol. The van der Waals surface area contributed by atoms with Gasteiger partial charge in [0.15, 0.2) is 5.82 Å². The second-order valence-electron chi connectivity index (χ2n) is 6.88. The van der Waals surface area contributed by atoms with Gasteiger partial charge in [0.1, 0.15) is 5.69 Å². The maximum absolute atomic E-state index is 12.6. The maximum atomic E-state index is 12.6. The third-order valence-corrected chi connectivity index (χ3v) is 4.72. The Morgan fingerprint density at radius 2 is 1.47 bits per heavy atom. The molecular formula is C25H21N3O2. The molecule has 4 rings (SSSR count). The average Bonchev–Trinajstić information content (AvgIpc) is 2.80. The fraction of sp³-hybridized carbons (Fsp3) is 0.0800. The lowest BCUT2D eigenvalue weighted by atomic mass is 10.1. The first-order chi connectivity index (χ1) is 14.7. The Labute approximate surface area is 175 Å². The Bertz CT molecular complexity index is 1130. The molecule has 0 aliphatic carbocycles. The predicted octanol–water partition coefficient (Wildman–Crippen LogP) is 4.48. The van der Waals surface area contributed by atoms with Gasteiger partial charge in [-0.3, -0.25) is 4.79 Å². The van der Waals surface area contributed by atoms with Crippen molar-refractivity contribution in [3.8, 4) is 22.5 Å². The highest BCUT2D eigenvalue weighted by molar-refractivity contribution is 5.94. The molecule has 148 valence electrons. The molecule has 0 bridgehead atoms. The molecule has 0 saturated carbocycles. The largest absolute Gasteiger partial charge is 0.392 e. The van der Waals surface area contributed by atoms with E-state index in [-0.39, 0.29) is 18.9 Å². The van der Waals surface area contributed by atoms with E-state index in [9.17, 15) is 9.90 Å². The summed E-state index contributed by atoms with van der Waals surface area (Å²) < 4.78 is 0. The zero-order chi connectivity index (χ0) is 20.8. The number of amides is 1. The lowest BCUT2D eigenvalue weighted by molar-refractivity contribution is -0.115. The number of carbonyl (C=O) groups is 1. The van der Waals surface area contributed by atoms with Gasteiger partial charge < -0.3 is 10.4 Å². The molecule has 0 saturated heterocycles. The highest BCUT2D eigenvalue weighted by atomic mass is 16.3. The summed E-state index contributed by atoms with van der Waals surface area (Å²) in [6, 6.07) is 26.8. The fourth-order valence-corrected chi connectivity index (χ4v) is 3.16. The molecular weight excluding hydrogens is 374 g/mol. The summed E-state index contributed by atoms with van der Waals surface area (Å²) in [6.45, 7) is -0.00634. The van der Waals surface area contributed by atoms with Crippen molar-refractivity contribution in [1.82, 2.24) is 9.97 Å². The topological polar surface area (TPSA) is 75.1 Å². The molecule has 1 amide bonds. The first kappa shape index (κ1) is 19.5. The quantitative estimate of drug-likeness (QED) is 0.505. The molecule has 4 aromatic rings. The SMILES string of the molecule is O=C(Cc1ccccc1)Nc1ncc(-c2ccc(CO)cc2)nc1-c1ccccc1. The van der Waals surface area contributed by atoms with Gasteiger partial charge in [0.25, 0.3) is 0 Å². The van der Waals surface area contributed by atoms with E-state index in [1.807, 2.05) is 84.9 Å². The molecule has 0 radical (unpaired) electrons. The minimum atomic E-state index is -0.146. The summed E-state index contributed by atoms with van der Waals surface area (Å²) in [7, 11) is 0. The van der Waals surface area contributed by atoms with Gasteiger partial charge in [-0.2, -0.15) is 0 Å². The molecule has 1 heterocycles. The molecule has 0 spiro atoms. The van der Waals surface area contributed by atoms with Crippen LogP contribution in [0.4, 0.5) is 5.82 Å². The zero-order valence-corrected chi connectivity index (χ0v) is 16.3. The Morgan fingerprint density at radius 1 is 0.800 bits per heavy atom. The summed E-state index contributed by atoms with van der Waals surface area (Å²) in [5, 5.41) is 12.2. The first-order valence-corrected chi connectivity index (χ1v) is 9.69. The Kier molecular flexibility index (Phi) is 5.92. The van der Waals surface area contributed by atoms with Gasteiger partial charge in [0.2, 0.25) is 5.91 Å². The zero-order valence-electron chi connectivity index (χ0n) is 16.3. The van der Waals surface area contributed by atoms with E-state index >= 15 is 0 Å². The minimum Gasteiger partial charge on any atom is -0.392 e. The van der Waals surface area contributed by atoms with Crippen LogP contribution in [0.5, 0.6) is 0 Å². The van der Waals surface area contributed by atoms with Crippen LogP contribution in [0.1, 0.15) is 11.1 Å². The van der Waals surface area contributed by atoms with Crippen molar-refractivity contribution >= 4 is 11.7 Å². The molecule has 0 unspecified atom stereocenters. The number of rotatable bonds is 6. The number of nitrogens with zero attached hydrogens (tertiary/aromatic N) is 2. The van der Waals surface area contributed by atoms with Gasteiger partial charge in [-0.25, -0.2) is 9.97 Å². The summed E-state index contributed by atoms with van der Waals surface area (Å²) in [5.74, 6) is 0.283. The summed E-state index contributed by atoms with van der Waals surface area (Å²) in [4.78, 5) is 21.9. The van der Waals surface area contributed by atoms with Crippen LogP contribution in [0, 0.1) is 0 Å². The van der Waals surface area contributed by atoms with E-state index in [1.165, 1.54) is 0 Å². The molecule has 2 N–H and O–H groups in total. The van der Waals surface area contributed by atoms with Crippen molar-refractivity contribution in [3.05, 3.63) is 102 Å². The summed E-state index contributed by atoms with van der Waals surface area (Å²) in [6.07, 6.45) is 1.92. The summed E-state index contributed by atoms with van der Waals surface area (Å²) >= 11 is 0. The molecule has 30 heavy (non-hydrogen) atoms. The Hall–Kier alpha value is -3.83. The van der Waals surface area contributed by atoms with Crippen molar-refractivity contribution in [2.75, 3.05) is 5.32 Å². The molecule has 5 heteroatoms. The van der Waals surface area contributed by atoms with Crippen LogP contribution in [-0.4, -0.2) is 21.0 Å². The number of benzene rings is 3. The van der Waals surface area contributed by atoms with Crippen molar-refractivity contribution in [2.45, 2.75) is 13.0 Å². The van der Waals surface area contributed by atoms with Gasteiger partial charge >= 0.3 is 0 Å². The number of hydrogen-bond donors (Lipinski definition) is 2. The van der Waals surface area contributed by atoms with Crippen molar-refractivity contribution < 1.29 is 9.90 Å². The molecule has 5 nitrogen and oxygen atoms in total. The smallest absolute Gasteiger partial charge is 0.230 e. The summed E-state index contributed by atoms with van der Waals surface area (Å²) in [5.41, 5.74) is 4.83. The lowest BCUT2D eigenvalue weighted by Gasteiger charge is -2.12. The highest BCUT2D eigenvalue weighted by Gasteiger charge is 2.14. The van der Waals surface area contributed by atoms with Crippen molar-refractivity contribution in [3.63, 3.8) is 0 Å². The Morgan fingerprint density at radius 3 is 2.13 bits per heavy atom. The third kappa shape index (κ3) is 4.59. The van der Waals surface area contributed by atoms with Crippen molar-refractivity contribution in [1.29, 1.82) is 0 Å². The minimum absolute atomic E-state index is 0.00634. The fourth-order valence-electron chi connectivity index (χ4n) is 3.16. The monoisotopic (exact) mass is 395 g/mol. The normalized spacial score (nSPS) is 10.6. The van der Waals surface area contributed by atoms with Gasteiger partial charge in [-0.05, 0) is 11.1 Å². The number of hydrogen-bond acceptors (Lipinski definition) is 4. The van der Waals surface area contributed by atoms with E-state index in [0.29, 0.717) is 17.2 Å². The molecule has 0 aliphatic heterocycles.